The van der Waals surface area contributed by atoms with E-state index < -0.39 is 28.5 Å². The molecule has 0 radical (unpaired) electrons. The first kappa shape index (κ1) is 35.3. The van der Waals surface area contributed by atoms with E-state index in [9.17, 15) is 31.9 Å². The lowest BCUT2D eigenvalue weighted by Crippen LogP contribution is -2.37. The lowest BCUT2D eigenvalue weighted by Gasteiger charge is -2.31. The van der Waals surface area contributed by atoms with Gasteiger partial charge in [-0.25, -0.2) is 23.4 Å². The molecule has 0 unspecified atom stereocenters. The van der Waals surface area contributed by atoms with E-state index in [1.54, 1.807) is 13.1 Å². The van der Waals surface area contributed by atoms with Crippen LogP contribution in [0.15, 0.2) is 36.9 Å². The van der Waals surface area contributed by atoms with Gasteiger partial charge in [0.15, 0.2) is 0 Å². The topological polar surface area (TPSA) is 184 Å². The number of aliphatic hydroxyl groups excluding tert-OH is 1. The number of halogens is 3. The standard InChI is InChI=1S/C30H37F3N10O6S/c1-40-22(16-37-29(40)42(45)18-44)17-43(50(2,46)47)21-11-24-25(34-15-21)12-26(41-7-9-48-10-8-41)39-27(24)49-23-5-3-20(4-6-23)38-28-35-13-19(14-36-28)30(31,32)33/h11-16,20,23,44-45H,3-10,17-18H2,1-2H3,(H,35,36,38). The van der Waals surface area contributed by atoms with E-state index in [4.69, 9.17) is 14.5 Å². The van der Waals surface area contributed by atoms with Crippen LogP contribution in [-0.4, -0.2) is 99.7 Å². The molecule has 2 aliphatic rings. The number of sulfonamides is 1. The Morgan fingerprint density at radius 3 is 2.38 bits per heavy atom. The molecule has 0 aromatic carbocycles. The van der Waals surface area contributed by atoms with Gasteiger partial charge in [0.05, 0.1) is 66.3 Å². The minimum Gasteiger partial charge on any atom is -0.474 e. The van der Waals surface area contributed by atoms with Gasteiger partial charge >= 0.3 is 6.18 Å². The molecule has 20 heteroatoms. The van der Waals surface area contributed by atoms with E-state index >= 15 is 0 Å². The second-order valence-electron chi connectivity index (χ2n) is 12.1. The van der Waals surface area contributed by atoms with Gasteiger partial charge in [-0.1, -0.05) is 0 Å². The molecule has 4 aromatic rings. The van der Waals surface area contributed by atoms with Gasteiger partial charge in [0.1, 0.15) is 18.7 Å². The first-order valence-corrected chi connectivity index (χ1v) is 17.7. The second kappa shape index (κ2) is 14.4. The third kappa shape index (κ3) is 7.92. The molecule has 270 valence electrons. The zero-order valence-corrected chi connectivity index (χ0v) is 28.1. The normalized spacial score (nSPS) is 18.7. The van der Waals surface area contributed by atoms with Crippen LogP contribution in [0, 0.1) is 0 Å². The number of imidazole rings is 1. The fourth-order valence-electron chi connectivity index (χ4n) is 5.90. The second-order valence-corrected chi connectivity index (χ2v) is 14.0. The number of morpholine rings is 1. The number of fused-ring (bicyclic) bond motifs is 1. The fourth-order valence-corrected chi connectivity index (χ4v) is 6.75. The van der Waals surface area contributed by atoms with Gasteiger partial charge in [-0.05, 0) is 31.7 Å². The molecule has 2 fully saturated rings. The van der Waals surface area contributed by atoms with E-state index in [0.717, 1.165) is 23.0 Å². The smallest absolute Gasteiger partial charge is 0.419 e. The number of nitrogens with one attached hydrogen (secondary N) is 1. The van der Waals surface area contributed by atoms with E-state index in [-0.39, 0.29) is 42.2 Å². The van der Waals surface area contributed by atoms with Crippen LogP contribution in [0.4, 0.5) is 36.6 Å². The number of aromatic nitrogens is 6. The summed E-state index contributed by atoms with van der Waals surface area (Å²) in [6.07, 6.45) is 3.14. The van der Waals surface area contributed by atoms with Gasteiger partial charge in [0.25, 0.3) is 0 Å². The Balaban J connectivity index is 1.25. The van der Waals surface area contributed by atoms with Crippen molar-refractivity contribution in [3.8, 4) is 5.88 Å². The van der Waals surface area contributed by atoms with E-state index in [1.807, 2.05) is 6.07 Å². The molecule has 0 bridgehead atoms. The quantitative estimate of drug-likeness (QED) is 0.152. The summed E-state index contributed by atoms with van der Waals surface area (Å²) < 4.78 is 79.6. The number of hydrogen-bond donors (Lipinski definition) is 3. The summed E-state index contributed by atoms with van der Waals surface area (Å²) in [6, 6.07) is 3.41. The Kier molecular flexibility index (Phi) is 10.1. The summed E-state index contributed by atoms with van der Waals surface area (Å²) in [5.74, 6) is 1.08. The summed E-state index contributed by atoms with van der Waals surface area (Å²) in [5, 5.41) is 23.4. The molecule has 1 aliphatic carbocycles. The van der Waals surface area contributed by atoms with Crippen molar-refractivity contribution in [3.63, 3.8) is 0 Å². The number of hydroxylamine groups is 1. The van der Waals surface area contributed by atoms with Crippen LogP contribution in [-0.2, 0) is 34.5 Å². The van der Waals surface area contributed by atoms with Crippen molar-refractivity contribution >= 4 is 44.3 Å². The van der Waals surface area contributed by atoms with Gasteiger partial charge < -0.3 is 29.4 Å². The third-order valence-electron chi connectivity index (χ3n) is 8.63. The Morgan fingerprint density at radius 1 is 1.04 bits per heavy atom. The Hall–Kier alpha value is -4.53. The number of anilines is 4. The average molecular weight is 723 g/mol. The van der Waals surface area contributed by atoms with E-state index in [0.29, 0.717) is 79.5 Å². The minimum atomic E-state index is -4.52. The average Bonchev–Trinajstić information content (AvgIpc) is 3.46. The molecule has 0 atom stereocenters. The monoisotopic (exact) mass is 722 g/mol. The maximum Gasteiger partial charge on any atom is 0.419 e. The lowest BCUT2D eigenvalue weighted by atomic mass is 9.93. The highest BCUT2D eigenvalue weighted by Crippen LogP contribution is 2.35. The molecule has 0 amide bonds. The van der Waals surface area contributed by atoms with Crippen molar-refractivity contribution in [1.29, 1.82) is 0 Å². The first-order chi connectivity index (χ1) is 23.8. The van der Waals surface area contributed by atoms with Crippen molar-refractivity contribution in [1.82, 2.24) is 29.5 Å². The molecule has 0 spiro atoms. The largest absolute Gasteiger partial charge is 0.474 e. The van der Waals surface area contributed by atoms with Crippen molar-refractivity contribution < 1.29 is 41.4 Å². The summed E-state index contributed by atoms with van der Waals surface area (Å²) >= 11 is 0. The molecule has 1 saturated carbocycles. The van der Waals surface area contributed by atoms with Gasteiger partial charge in [0, 0.05) is 44.6 Å². The maximum absolute atomic E-state index is 13.1. The first-order valence-electron chi connectivity index (χ1n) is 15.8. The molecule has 5 heterocycles. The minimum absolute atomic E-state index is 0.0277. The number of aliphatic hydroxyl groups is 1. The van der Waals surface area contributed by atoms with Crippen LogP contribution in [0.2, 0.25) is 0 Å². The predicted octanol–water partition coefficient (Wildman–Crippen LogP) is 2.92. The molecule has 1 saturated heterocycles. The van der Waals surface area contributed by atoms with E-state index in [2.05, 4.69) is 30.2 Å². The fraction of sp³-hybridized carbons (Fsp3) is 0.500. The van der Waals surface area contributed by atoms with Crippen molar-refractivity contribution in [2.45, 2.75) is 50.6 Å². The summed E-state index contributed by atoms with van der Waals surface area (Å²) in [6.45, 7) is 1.46. The van der Waals surface area contributed by atoms with Gasteiger partial charge in [-0.2, -0.15) is 23.2 Å². The maximum atomic E-state index is 13.1. The molecule has 16 nitrogen and oxygen atoms in total. The molecule has 1 aliphatic heterocycles. The third-order valence-corrected chi connectivity index (χ3v) is 9.78. The number of ether oxygens (including phenoxy) is 2. The van der Waals surface area contributed by atoms with Crippen LogP contribution >= 0.6 is 0 Å². The number of alkyl halides is 3. The van der Waals surface area contributed by atoms with Crippen LogP contribution in [0.1, 0.15) is 36.9 Å². The van der Waals surface area contributed by atoms with Crippen molar-refractivity contribution in [2.75, 3.05) is 58.9 Å². The Labute approximate surface area is 285 Å². The highest BCUT2D eigenvalue weighted by atomic mass is 32.2. The number of rotatable bonds is 11. The Morgan fingerprint density at radius 2 is 1.74 bits per heavy atom. The van der Waals surface area contributed by atoms with E-state index in [1.165, 1.54) is 17.0 Å². The highest BCUT2D eigenvalue weighted by molar-refractivity contribution is 7.92. The molecule has 4 aromatic heterocycles. The molecule has 50 heavy (non-hydrogen) atoms. The summed E-state index contributed by atoms with van der Waals surface area (Å²) in [7, 11) is -2.27. The summed E-state index contributed by atoms with van der Waals surface area (Å²) in [4.78, 5) is 23.3. The van der Waals surface area contributed by atoms with Gasteiger partial charge in [-0.3, -0.25) is 14.5 Å². The highest BCUT2D eigenvalue weighted by Gasteiger charge is 2.32. The van der Waals surface area contributed by atoms with Crippen LogP contribution in [0.25, 0.3) is 10.9 Å². The number of pyridine rings is 2. The Bertz CT molecular complexity index is 1900. The SMILES string of the molecule is Cn1c(CN(c2cnc3cc(N4CCOCC4)nc(OC4CCC(Nc5ncc(C(F)(F)F)cn5)CC4)c3c2)S(C)(=O)=O)cnc1N(O)CO. The number of nitrogens with zero attached hydrogens (tertiary/aromatic N) is 9. The van der Waals surface area contributed by atoms with Crippen molar-refractivity contribution in [2.24, 2.45) is 7.05 Å². The predicted molar refractivity (Wildman–Crippen MR) is 175 cm³/mol. The van der Waals surface area contributed by atoms with Gasteiger partial charge in [-0.15, -0.1) is 0 Å². The summed E-state index contributed by atoms with van der Waals surface area (Å²) in [5.41, 5.74) is 0.312. The lowest BCUT2D eigenvalue weighted by molar-refractivity contribution is -0.138. The molecular weight excluding hydrogens is 685 g/mol. The van der Waals surface area contributed by atoms with Crippen LogP contribution < -0.4 is 24.3 Å². The van der Waals surface area contributed by atoms with Crippen LogP contribution in [0.5, 0.6) is 5.88 Å². The molecular formula is C30H37F3N10O6S. The van der Waals surface area contributed by atoms with Crippen molar-refractivity contribution in [3.05, 3.63) is 48.2 Å². The zero-order valence-electron chi connectivity index (χ0n) is 27.3. The molecule has 3 N–H and O–H groups in total. The zero-order chi connectivity index (χ0) is 35.6. The van der Waals surface area contributed by atoms with Gasteiger partial charge in [0.2, 0.25) is 27.8 Å². The van der Waals surface area contributed by atoms with Crippen LogP contribution in [0.3, 0.4) is 0 Å². The molecule has 6 rings (SSSR count). The number of hydrogen-bond acceptors (Lipinski definition) is 14.